The summed E-state index contributed by atoms with van der Waals surface area (Å²) in [5.74, 6) is 0.718. The minimum absolute atomic E-state index is 0.718. The molecule has 1 aliphatic carbocycles. The van der Waals surface area contributed by atoms with E-state index in [0.29, 0.717) is 0 Å². The first kappa shape index (κ1) is 13.4. The highest BCUT2D eigenvalue weighted by atomic mass is 15.3. The molecule has 1 saturated carbocycles. The van der Waals surface area contributed by atoms with Crippen LogP contribution in [0.4, 0.5) is 5.95 Å². The molecule has 0 atom stereocenters. The van der Waals surface area contributed by atoms with E-state index in [9.17, 15) is 0 Å². The molecular formula is C15H23N5. The molecule has 2 heterocycles. The van der Waals surface area contributed by atoms with E-state index in [1.807, 2.05) is 16.8 Å². The van der Waals surface area contributed by atoms with Crippen LogP contribution in [0.1, 0.15) is 31.2 Å². The highest BCUT2D eigenvalue weighted by Crippen LogP contribution is 2.21. The predicted octanol–water partition coefficient (Wildman–Crippen LogP) is 2.32. The number of nitrogens with zero attached hydrogens (tertiary/aromatic N) is 4. The molecule has 5 nitrogen and oxygen atoms in total. The van der Waals surface area contributed by atoms with Crippen LogP contribution in [0.15, 0.2) is 18.3 Å². The molecule has 2 aromatic heterocycles. The normalized spacial score (nSPS) is 16.4. The van der Waals surface area contributed by atoms with E-state index >= 15 is 0 Å². The molecule has 3 rings (SSSR count). The van der Waals surface area contributed by atoms with Crippen LogP contribution in [0.3, 0.4) is 0 Å². The molecule has 0 saturated heterocycles. The monoisotopic (exact) mass is 273 g/mol. The Morgan fingerprint density at radius 3 is 2.95 bits per heavy atom. The van der Waals surface area contributed by atoms with Crippen molar-refractivity contribution in [3.05, 3.63) is 23.9 Å². The number of nitrogens with one attached hydrogen (secondary N) is 1. The molecule has 1 fully saturated rings. The summed E-state index contributed by atoms with van der Waals surface area (Å²) >= 11 is 0. The first-order valence-corrected chi connectivity index (χ1v) is 7.49. The van der Waals surface area contributed by atoms with E-state index in [0.717, 1.165) is 30.7 Å². The van der Waals surface area contributed by atoms with Gasteiger partial charge in [0.05, 0.1) is 0 Å². The van der Waals surface area contributed by atoms with E-state index in [2.05, 4.69) is 40.3 Å². The van der Waals surface area contributed by atoms with E-state index in [1.54, 1.807) is 0 Å². The maximum atomic E-state index is 4.47. The summed E-state index contributed by atoms with van der Waals surface area (Å²) in [7, 11) is 2.22. The molecule has 1 N–H and O–H groups in total. The van der Waals surface area contributed by atoms with Crippen LogP contribution >= 0.6 is 0 Å². The second-order valence-corrected chi connectivity index (χ2v) is 5.79. The number of aromatic nitrogens is 3. The SMILES string of the molecule is Cc1ccc2nc(NCCN(C)C3CCCC3)nn2c1. The van der Waals surface area contributed by atoms with Crippen LogP contribution in [0.5, 0.6) is 0 Å². The lowest BCUT2D eigenvalue weighted by atomic mass is 10.2. The minimum atomic E-state index is 0.718. The van der Waals surface area contributed by atoms with Crippen LogP contribution in [0.25, 0.3) is 5.65 Å². The van der Waals surface area contributed by atoms with Crippen molar-refractivity contribution in [2.45, 2.75) is 38.6 Å². The molecule has 2 aromatic rings. The molecule has 20 heavy (non-hydrogen) atoms. The van der Waals surface area contributed by atoms with Gasteiger partial charge in [0.1, 0.15) is 0 Å². The summed E-state index contributed by atoms with van der Waals surface area (Å²) in [6, 6.07) is 4.83. The summed E-state index contributed by atoms with van der Waals surface area (Å²) in [5.41, 5.74) is 2.08. The lowest BCUT2D eigenvalue weighted by Gasteiger charge is -2.23. The number of pyridine rings is 1. The number of fused-ring (bicyclic) bond motifs is 1. The number of likely N-dealkylation sites (N-methyl/N-ethyl adjacent to an activating group) is 1. The Bertz CT molecular complexity index is 571. The van der Waals surface area contributed by atoms with E-state index < -0.39 is 0 Å². The van der Waals surface area contributed by atoms with Crippen LogP contribution in [-0.2, 0) is 0 Å². The number of rotatable bonds is 5. The van der Waals surface area contributed by atoms with Gasteiger partial charge in [-0.2, -0.15) is 4.98 Å². The molecule has 0 amide bonds. The Kier molecular flexibility index (Phi) is 3.87. The van der Waals surface area contributed by atoms with Gasteiger partial charge in [-0.25, -0.2) is 4.52 Å². The average Bonchev–Trinajstić information content (AvgIpc) is 3.06. The van der Waals surface area contributed by atoms with Gasteiger partial charge in [-0.1, -0.05) is 18.9 Å². The molecule has 5 heteroatoms. The number of hydrogen-bond donors (Lipinski definition) is 1. The van der Waals surface area contributed by atoms with E-state index in [1.165, 1.54) is 31.2 Å². The van der Waals surface area contributed by atoms with Gasteiger partial charge in [0.2, 0.25) is 5.95 Å². The molecule has 0 bridgehead atoms. The number of anilines is 1. The quantitative estimate of drug-likeness (QED) is 0.908. The van der Waals surface area contributed by atoms with Gasteiger partial charge in [0, 0.05) is 25.3 Å². The third kappa shape index (κ3) is 2.93. The van der Waals surface area contributed by atoms with Crippen molar-refractivity contribution in [1.29, 1.82) is 0 Å². The molecule has 0 aliphatic heterocycles. The highest BCUT2D eigenvalue weighted by molar-refractivity contribution is 5.44. The second kappa shape index (κ2) is 5.79. The first-order chi connectivity index (χ1) is 9.72. The van der Waals surface area contributed by atoms with Crippen molar-refractivity contribution in [2.24, 2.45) is 0 Å². The van der Waals surface area contributed by atoms with Crippen molar-refractivity contribution in [3.63, 3.8) is 0 Å². The molecule has 0 spiro atoms. The maximum absolute atomic E-state index is 4.47. The number of aryl methyl sites for hydroxylation is 1. The Morgan fingerprint density at radius 2 is 2.15 bits per heavy atom. The Balaban J connectivity index is 1.54. The third-order valence-corrected chi connectivity index (χ3v) is 4.17. The maximum Gasteiger partial charge on any atom is 0.243 e. The van der Waals surface area contributed by atoms with Gasteiger partial charge in [0.25, 0.3) is 0 Å². The van der Waals surface area contributed by atoms with Gasteiger partial charge >= 0.3 is 0 Å². The fourth-order valence-electron chi connectivity index (χ4n) is 2.93. The van der Waals surface area contributed by atoms with Crippen molar-refractivity contribution in [1.82, 2.24) is 19.5 Å². The van der Waals surface area contributed by atoms with Crippen LogP contribution in [0.2, 0.25) is 0 Å². The first-order valence-electron chi connectivity index (χ1n) is 7.49. The predicted molar refractivity (Wildman–Crippen MR) is 81.1 cm³/mol. The number of hydrogen-bond acceptors (Lipinski definition) is 4. The smallest absolute Gasteiger partial charge is 0.243 e. The third-order valence-electron chi connectivity index (χ3n) is 4.17. The molecule has 0 aromatic carbocycles. The molecule has 0 unspecified atom stereocenters. The van der Waals surface area contributed by atoms with E-state index in [-0.39, 0.29) is 0 Å². The highest BCUT2D eigenvalue weighted by Gasteiger charge is 2.18. The zero-order valence-corrected chi connectivity index (χ0v) is 12.3. The van der Waals surface area contributed by atoms with Crippen LogP contribution < -0.4 is 5.32 Å². The van der Waals surface area contributed by atoms with Crippen LogP contribution in [0, 0.1) is 6.92 Å². The molecule has 108 valence electrons. The van der Waals surface area contributed by atoms with Crippen molar-refractivity contribution in [3.8, 4) is 0 Å². The zero-order valence-electron chi connectivity index (χ0n) is 12.3. The largest absolute Gasteiger partial charge is 0.352 e. The average molecular weight is 273 g/mol. The lowest BCUT2D eigenvalue weighted by molar-refractivity contribution is 0.254. The minimum Gasteiger partial charge on any atom is -0.352 e. The Hall–Kier alpha value is -1.62. The van der Waals surface area contributed by atoms with Crippen molar-refractivity contribution < 1.29 is 0 Å². The van der Waals surface area contributed by atoms with Crippen molar-refractivity contribution >= 4 is 11.6 Å². The van der Waals surface area contributed by atoms with Gasteiger partial charge < -0.3 is 10.2 Å². The molecule has 1 aliphatic rings. The zero-order chi connectivity index (χ0) is 13.9. The van der Waals surface area contributed by atoms with Gasteiger partial charge in [0.15, 0.2) is 5.65 Å². The summed E-state index contributed by atoms with van der Waals surface area (Å²) in [4.78, 5) is 6.93. The molecule has 0 radical (unpaired) electrons. The lowest BCUT2D eigenvalue weighted by Crippen LogP contribution is -2.33. The van der Waals surface area contributed by atoms with Gasteiger partial charge in [-0.3, -0.25) is 0 Å². The standard InChI is InChI=1S/C15H23N5/c1-12-7-8-14-17-15(18-20(14)11-12)16-9-10-19(2)13-5-3-4-6-13/h7-8,11,13H,3-6,9-10H2,1-2H3,(H,16,18). The Morgan fingerprint density at radius 1 is 1.35 bits per heavy atom. The molecular weight excluding hydrogens is 250 g/mol. The fraction of sp³-hybridized carbons (Fsp3) is 0.600. The van der Waals surface area contributed by atoms with Crippen LogP contribution in [-0.4, -0.2) is 45.7 Å². The Labute approximate surface area is 120 Å². The summed E-state index contributed by atoms with van der Waals surface area (Å²) < 4.78 is 1.83. The van der Waals surface area contributed by atoms with E-state index in [4.69, 9.17) is 0 Å². The summed E-state index contributed by atoms with van der Waals surface area (Å²) in [6.07, 6.45) is 7.47. The van der Waals surface area contributed by atoms with Gasteiger partial charge in [-0.05, 0) is 38.4 Å². The van der Waals surface area contributed by atoms with Crippen molar-refractivity contribution in [2.75, 3.05) is 25.5 Å². The second-order valence-electron chi connectivity index (χ2n) is 5.79. The fourth-order valence-corrected chi connectivity index (χ4v) is 2.93. The summed E-state index contributed by atoms with van der Waals surface area (Å²) in [5, 5.41) is 7.77. The topological polar surface area (TPSA) is 45.5 Å². The summed E-state index contributed by atoms with van der Waals surface area (Å²) in [6.45, 7) is 3.99. The van der Waals surface area contributed by atoms with Gasteiger partial charge in [-0.15, -0.1) is 5.10 Å².